The average Bonchev–Trinajstić information content (AvgIpc) is 3.08. The summed E-state index contributed by atoms with van der Waals surface area (Å²) in [5, 5.41) is 2.51. The van der Waals surface area contributed by atoms with Gasteiger partial charge in [-0.25, -0.2) is 8.78 Å². The predicted molar refractivity (Wildman–Crippen MR) is 116 cm³/mol. The molecule has 3 heterocycles. The Hall–Kier alpha value is -4.07. The number of pyridine rings is 1. The fourth-order valence-electron chi connectivity index (χ4n) is 4.08. The Morgan fingerprint density at radius 3 is 2.69 bits per heavy atom. The zero-order valence-corrected chi connectivity index (χ0v) is 16.9. The molecule has 0 spiro atoms. The van der Waals surface area contributed by atoms with Crippen LogP contribution in [0.1, 0.15) is 12.0 Å². The van der Waals surface area contributed by atoms with E-state index in [1.54, 1.807) is 35.5 Å². The van der Waals surface area contributed by atoms with Gasteiger partial charge in [-0.05, 0) is 42.0 Å². The van der Waals surface area contributed by atoms with Gasteiger partial charge in [-0.2, -0.15) is 0 Å². The number of halogens is 2. The number of Topliss-reactive ketones (excluding diaryl/α,β-unsaturated/α-hetero) is 1. The van der Waals surface area contributed by atoms with Crippen molar-refractivity contribution < 1.29 is 18.4 Å². The van der Waals surface area contributed by atoms with Gasteiger partial charge in [-0.3, -0.25) is 14.6 Å². The number of amides is 1. The lowest BCUT2D eigenvalue weighted by atomic mass is 10.0. The largest absolute Gasteiger partial charge is 0.325 e. The Kier molecular flexibility index (Phi) is 4.89. The second-order valence-corrected chi connectivity index (χ2v) is 7.54. The molecule has 8 heteroatoms. The van der Waals surface area contributed by atoms with E-state index in [1.165, 1.54) is 30.3 Å². The molecule has 0 saturated heterocycles. The van der Waals surface area contributed by atoms with Crippen LogP contribution in [0.25, 0.3) is 0 Å². The Morgan fingerprint density at radius 1 is 1.06 bits per heavy atom. The van der Waals surface area contributed by atoms with Crippen LogP contribution in [-0.2, 0) is 16.1 Å². The van der Waals surface area contributed by atoms with Crippen LogP contribution in [0.15, 0.2) is 78.4 Å². The molecule has 0 bridgehead atoms. The van der Waals surface area contributed by atoms with E-state index in [9.17, 15) is 18.4 Å². The number of aromatic nitrogens is 1. The van der Waals surface area contributed by atoms with Crippen LogP contribution >= 0.6 is 0 Å². The van der Waals surface area contributed by atoms with Crippen LogP contribution < -0.4 is 15.1 Å². The maximum Gasteiger partial charge on any atom is 0.263 e. The van der Waals surface area contributed by atoms with Crippen molar-refractivity contribution in [3.63, 3.8) is 0 Å². The molecule has 0 fully saturated rings. The van der Waals surface area contributed by atoms with Gasteiger partial charge in [0.05, 0.1) is 23.6 Å². The molecule has 1 aromatic heterocycles. The number of hydrogen-bond acceptors (Lipinski definition) is 5. The first-order valence-corrected chi connectivity index (χ1v) is 10.1. The zero-order valence-electron chi connectivity index (χ0n) is 16.9. The molecule has 32 heavy (non-hydrogen) atoms. The van der Waals surface area contributed by atoms with Gasteiger partial charge in [0.2, 0.25) is 0 Å². The van der Waals surface area contributed by atoms with Crippen molar-refractivity contribution in [2.75, 3.05) is 21.7 Å². The number of para-hydroxylation sites is 1. The third kappa shape index (κ3) is 3.39. The lowest BCUT2D eigenvalue weighted by Gasteiger charge is -2.31. The van der Waals surface area contributed by atoms with E-state index in [1.807, 2.05) is 11.0 Å². The number of nitrogens with zero attached hydrogens (tertiary/aromatic N) is 3. The van der Waals surface area contributed by atoms with E-state index in [0.717, 1.165) is 5.56 Å². The smallest absolute Gasteiger partial charge is 0.263 e. The molecule has 5 rings (SSSR count). The van der Waals surface area contributed by atoms with Crippen molar-refractivity contribution in [1.29, 1.82) is 0 Å². The second-order valence-electron chi connectivity index (χ2n) is 7.54. The minimum Gasteiger partial charge on any atom is -0.325 e. The number of carbonyl (C=O) groups is 2. The van der Waals surface area contributed by atoms with Crippen molar-refractivity contribution in [3.05, 3.63) is 95.6 Å². The number of rotatable bonds is 4. The van der Waals surface area contributed by atoms with Crippen LogP contribution in [0.4, 0.5) is 25.8 Å². The molecule has 2 aromatic carbocycles. The van der Waals surface area contributed by atoms with Crippen molar-refractivity contribution >= 4 is 28.8 Å². The maximum absolute atomic E-state index is 14.2. The fraction of sp³-hybridized carbons (Fsp3) is 0.125. The highest BCUT2D eigenvalue weighted by Gasteiger charge is 2.41. The Morgan fingerprint density at radius 2 is 1.91 bits per heavy atom. The van der Waals surface area contributed by atoms with Gasteiger partial charge in [-0.1, -0.05) is 18.2 Å². The van der Waals surface area contributed by atoms with Gasteiger partial charge in [0.1, 0.15) is 23.0 Å². The number of fused-ring (bicyclic) bond motifs is 3. The molecule has 6 nitrogen and oxygen atoms in total. The predicted octanol–water partition coefficient (Wildman–Crippen LogP) is 4.01. The number of ketones is 1. The van der Waals surface area contributed by atoms with E-state index in [4.69, 9.17) is 0 Å². The molecule has 160 valence electrons. The van der Waals surface area contributed by atoms with E-state index < -0.39 is 17.5 Å². The summed E-state index contributed by atoms with van der Waals surface area (Å²) in [5.41, 5.74) is 1.98. The molecular formula is C24H18F2N4O2. The fourth-order valence-corrected chi connectivity index (χ4v) is 4.08. The standard InChI is InChI=1S/C24H18F2N4O2/c25-16-7-8-19-20(12-16)30(14-15-4-3-10-27-13-15)24-22(21(31)9-11-29(19)24)23(32)28-18-6-2-1-5-17(18)26/h1-8,10,12-13H,9,11,14H2,(H,28,32). The van der Waals surface area contributed by atoms with Crippen LogP contribution in [0.2, 0.25) is 0 Å². The first-order chi connectivity index (χ1) is 15.5. The minimum absolute atomic E-state index is 0.0177. The van der Waals surface area contributed by atoms with Gasteiger partial charge in [0, 0.05) is 25.4 Å². The Bertz CT molecular complexity index is 1260. The van der Waals surface area contributed by atoms with Crippen LogP contribution in [0.5, 0.6) is 0 Å². The summed E-state index contributed by atoms with van der Waals surface area (Å²) >= 11 is 0. The molecule has 0 aliphatic carbocycles. The molecule has 1 amide bonds. The van der Waals surface area contributed by atoms with Gasteiger partial charge in [0.25, 0.3) is 5.91 Å². The van der Waals surface area contributed by atoms with E-state index in [0.29, 0.717) is 23.7 Å². The summed E-state index contributed by atoms with van der Waals surface area (Å²) in [6, 6.07) is 13.8. The third-order valence-electron chi connectivity index (χ3n) is 5.51. The first kappa shape index (κ1) is 19.9. The van der Waals surface area contributed by atoms with Crippen LogP contribution in [0.3, 0.4) is 0 Å². The van der Waals surface area contributed by atoms with E-state index >= 15 is 0 Å². The summed E-state index contributed by atoms with van der Waals surface area (Å²) in [4.78, 5) is 33.8. The van der Waals surface area contributed by atoms with Gasteiger partial charge in [-0.15, -0.1) is 0 Å². The average molecular weight is 432 g/mol. The number of hydrogen-bond donors (Lipinski definition) is 1. The molecule has 3 aromatic rings. The molecule has 0 unspecified atom stereocenters. The number of benzene rings is 2. The summed E-state index contributed by atoms with van der Waals surface area (Å²) in [6.07, 6.45) is 3.43. The van der Waals surface area contributed by atoms with Gasteiger partial charge < -0.3 is 15.1 Å². The van der Waals surface area contributed by atoms with Crippen molar-refractivity contribution in [2.24, 2.45) is 0 Å². The molecule has 1 N–H and O–H groups in total. The highest BCUT2D eigenvalue weighted by atomic mass is 19.1. The van der Waals surface area contributed by atoms with Crippen LogP contribution in [-0.4, -0.2) is 23.2 Å². The number of carbonyl (C=O) groups excluding carboxylic acids is 2. The summed E-state index contributed by atoms with van der Waals surface area (Å²) < 4.78 is 28.3. The monoisotopic (exact) mass is 432 g/mol. The molecular weight excluding hydrogens is 414 g/mol. The van der Waals surface area contributed by atoms with Crippen molar-refractivity contribution in [1.82, 2.24) is 4.98 Å². The summed E-state index contributed by atoms with van der Waals surface area (Å²) in [6.45, 7) is 0.632. The Balaban J connectivity index is 1.63. The minimum atomic E-state index is -0.704. The lowest BCUT2D eigenvalue weighted by Crippen LogP contribution is -2.40. The molecule has 0 saturated carbocycles. The van der Waals surface area contributed by atoms with Crippen molar-refractivity contribution in [3.8, 4) is 0 Å². The SMILES string of the molecule is O=C1CCN2C(=C1C(=O)Nc1ccccc1F)N(Cc1cccnc1)c1cc(F)ccc12. The first-order valence-electron chi connectivity index (χ1n) is 10.1. The van der Waals surface area contributed by atoms with E-state index in [2.05, 4.69) is 10.3 Å². The van der Waals surface area contributed by atoms with Crippen LogP contribution in [0, 0.1) is 11.6 Å². The highest BCUT2D eigenvalue weighted by Crippen LogP contribution is 2.45. The van der Waals surface area contributed by atoms with Gasteiger partial charge >= 0.3 is 0 Å². The topological polar surface area (TPSA) is 65.5 Å². The molecule has 0 radical (unpaired) electrons. The summed E-state index contributed by atoms with van der Waals surface area (Å²) in [5.74, 6) is -1.72. The lowest BCUT2D eigenvalue weighted by molar-refractivity contribution is -0.120. The number of anilines is 3. The molecule has 2 aliphatic heterocycles. The number of nitrogens with one attached hydrogen (secondary N) is 1. The quantitative estimate of drug-likeness (QED) is 0.631. The maximum atomic E-state index is 14.2. The molecule has 0 atom stereocenters. The molecule has 2 aliphatic rings. The summed E-state index contributed by atoms with van der Waals surface area (Å²) in [7, 11) is 0. The second kappa shape index (κ2) is 7.88. The van der Waals surface area contributed by atoms with Gasteiger partial charge in [0.15, 0.2) is 5.78 Å². The Labute approximate surface area is 182 Å². The normalized spacial score (nSPS) is 15.0. The van der Waals surface area contributed by atoms with E-state index in [-0.39, 0.29) is 30.0 Å². The van der Waals surface area contributed by atoms with Crippen molar-refractivity contribution in [2.45, 2.75) is 13.0 Å². The third-order valence-corrected chi connectivity index (χ3v) is 5.51. The highest BCUT2D eigenvalue weighted by molar-refractivity contribution is 6.25. The zero-order chi connectivity index (χ0) is 22.2.